The predicted molar refractivity (Wildman–Crippen MR) is 85.7 cm³/mol. The van der Waals surface area contributed by atoms with Crippen molar-refractivity contribution in [1.82, 2.24) is 10.6 Å². The summed E-state index contributed by atoms with van der Waals surface area (Å²) in [5.74, 6) is -1.02. The SMILES string of the molecule is CCC[C@@H](CN[C@@H](CC)C(N)=O)CC(=O)N[C@@H](CC)C(N)=O. The molecule has 0 heterocycles. The zero-order valence-electron chi connectivity index (χ0n) is 13.9. The molecule has 0 saturated heterocycles. The summed E-state index contributed by atoms with van der Waals surface area (Å²) >= 11 is 0. The third-order valence-corrected chi connectivity index (χ3v) is 3.66. The minimum atomic E-state index is -0.628. The Morgan fingerprint density at radius 1 is 0.955 bits per heavy atom. The second-order valence-electron chi connectivity index (χ2n) is 5.56. The first kappa shape index (κ1) is 20.4. The molecule has 0 saturated carbocycles. The summed E-state index contributed by atoms with van der Waals surface area (Å²) in [6.07, 6.45) is 3.15. The minimum absolute atomic E-state index is 0.0868. The molecule has 128 valence electrons. The predicted octanol–water partition coefficient (Wildman–Crippen LogP) is 0.0264. The lowest BCUT2D eigenvalue weighted by molar-refractivity contribution is -0.128. The summed E-state index contributed by atoms with van der Waals surface area (Å²) in [5, 5.41) is 5.75. The van der Waals surface area contributed by atoms with E-state index in [0.717, 1.165) is 12.8 Å². The zero-order valence-corrected chi connectivity index (χ0v) is 13.9. The third kappa shape index (κ3) is 7.97. The Hall–Kier alpha value is -1.63. The van der Waals surface area contributed by atoms with Crippen molar-refractivity contribution in [3.8, 4) is 0 Å². The summed E-state index contributed by atoms with van der Waals surface area (Å²) in [5.41, 5.74) is 10.5. The van der Waals surface area contributed by atoms with Gasteiger partial charge in [0.15, 0.2) is 0 Å². The van der Waals surface area contributed by atoms with E-state index in [2.05, 4.69) is 10.6 Å². The average molecular weight is 314 g/mol. The van der Waals surface area contributed by atoms with Crippen molar-refractivity contribution in [1.29, 1.82) is 0 Å². The summed E-state index contributed by atoms with van der Waals surface area (Å²) in [6.45, 7) is 6.24. The minimum Gasteiger partial charge on any atom is -0.368 e. The number of primary amides is 2. The van der Waals surface area contributed by atoms with Crippen LogP contribution in [-0.4, -0.2) is 36.3 Å². The van der Waals surface area contributed by atoms with Crippen molar-refractivity contribution in [2.45, 2.75) is 65.0 Å². The molecule has 0 radical (unpaired) electrons. The molecule has 6 N–H and O–H groups in total. The molecule has 0 fully saturated rings. The second-order valence-corrected chi connectivity index (χ2v) is 5.56. The Morgan fingerprint density at radius 3 is 1.91 bits per heavy atom. The molecule has 0 aliphatic heterocycles. The fourth-order valence-electron chi connectivity index (χ4n) is 2.33. The largest absolute Gasteiger partial charge is 0.368 e. The molecule has 0 spiro atoms. The zero-order chi connectivity index (χ0) is 17.1. The van der Waals surface area contributed by atoms with Gasteiger partial charge in [0.1, 0.15) is 6.04 Å². The number of carbonyl (C=O) groups is 3. The number of hydrogen-bond donors (Lipinski definition) is 4. The van der Waals surface area contributed by atoms with Gasteiger partial charge in [-0.05, 0) is 31.7 Å². The molecule has 7 heteroatoms. The van der Waals surface area contributed by atoms with Crippen LogP contribution in [0.3, 0.4) is 0 Å². The maximum absolute atomic E-state index is 12.0. The standard InChI is InChI=1S/C15H30N4O3/c1-4-7-10(9-18-11(5-2)14(16)21)8-13(20)19-12(6-3)15(17)22/h10-12,18H,4-9H2,1-3H3,(H2,16,21)(H2,17,22)(H,19,20)/t10-,11+,12+/m1/s1. The molecule has 22 heavy (non-hydrogen) atoms. The quantitative estimate of drug-likeness (QED) is 0.405. The van der Waals surface area contributed by atoms with Crippen molar-refractivity contribution in [3.63, 3.8) is 0 Å². The Morgan fingerprint density at radius 2 is 1.50 bits per heavy atom. The highest BCUT2D eigenvalue weighted by Crippen LogP contribution is 2.11. The average Bonchev–Trinajstić information content (AvgIpc) is 2.44. The smallest absolute Gasteiger partial charge is 0.239 e. The normalized spacial score (nSPS) is 14.9. The van der Waals surface area contributed by atoms with Gasteiger partial charge >= 0.3 is 0 Å². The van der Waals surface area contributed by atoms with E-state index < -0.39 is 11.9 Å². The fraction of sp³-hybridized carbons (Fsp3) is 0.800. The molecule has 0 unspecified atom stereocenters. The molecule has 7 nitrogen and oxygen atoms in total. The van der Waals surface area contributed by atoms with Gasteiger partial charge in [0, 0.05) is 6.42 Å². The molecular formula is C15H30N4O3. The van der Waals surface area contributed by atoms with Crippen molar-refractivity contribution in [2.24, 2.45) is 17.4 Å². The molecular weight excluding hydrogens is 284 g/mol. The van der Waals surface area contributed by atoms with E-state index in [1.54, 1.807) is 6.92 Å². The molecule has 0 aliphatic carbocycles. The topological polar surface area (TPSA) is 127 Å². The van der Waals surface area contributed by atoms with Crippen LogP contribution < -0.4 is 22.1 Å². The number of hydrogen-bond acceptors (Lipinski definition) is 4. The number of nitrogens with two attached hydrogens (primary N) is 2. The highest BCUT2D eigenvalue weighted by molar-refractivity contribution is 5.86. The van der Waals surface area contributed by atoms with Crippen molar-refractivity contribution in [3.05, 3.63) is 0 Å². The van der Waals surface area contributed by atoms with Gasteiger partial charge < -0.3 is 22.1 Å². The van der Waals surface area contributed by atoms with Crippen LogP contribution in [0.2, 0.25) is 0 Å². The van der Waals surface area contributed by atoms with Gasteiger partial charge in [-0.2, -0.15) is 0 Å². The van der Waals surface area contributed by atoms with Gasteiger partial charge in [-0.3, -0.25) is 14.4 Å². The lowest BCUT2D eigenvalue weighted by Crippen LogP contribution is -2.46. The number of amides is 3. The van der Waals surface area contributed by atoms with Crippen LogP contribution in [0.4, 0.5) is 0 Å². The van der Waals surface area contributed by atoms with E-state index in [-0.39, 0.29) is 23.8 Å². The summed E-state index contributed by atoms with van der Waals surface area (Å²) in [6, 6.07) is -1.01. The summed E-state index contributed by atoms with van der Waals surface area (Å²) in [7, 11) is 0. The van der Waals surface area contributed by atoms with Crippen molar-refractivity contribution < 1.29 is 14.4 Å². The molecule has 0 bridgehead atoms. The Labute approximate surface area is 132 Å². The van der Waals surface area contributed by atoms with Gasteiger partial charge in [-0.1, -0.05) is 27.2 Å². The van der Waals surface area contributed by atoms with Crippen LogP contribution in [0.15, 0.2) is 0 Å². The lowest BCUT2D eigenvalue weighted by atomic mass is 9.98. The van der Waals surface area contributed by atoms with Gasteiger partial charge in [-0.15, -0.1) is 0 Å². The van der Waals surface area contributed by atoms with Crippen LogP contribution in [-0.2, 0) is 14.4 Å². The fourth-order valence-corrected chi connectivity index (χ4v) is 2.33. The van der Waals surface area contributed by atoms with Crippen LogP contribution in [0, 0.1) is 5.92 Å². The molecule has 0 aromatic rings. The summed E-state index contributed by atoms with van der Waals surface area (Å²) in [4.78, 5) is 34.4. The van der Waals surface area contributed by atoms with Gasteiger partial charge in [0.2, 0.25) is 17.7 Å². The van der Waals surface area contributed by atoms with E-state index >= 15 is 0 Å². The maximum atomic E-state index is 12.0. The Balaban J connectivity index is 4.47. The molecule has 0 aliphatic rings. The third-order valence-electron chi connectivity index (χ3n) is 3.66. The summed E-state index contributed by atoms with van der Waals surface area (Å²) < 4.78 is 0. The lowest BCUT2D eigenvalue weighted by Gasteiger charge is -2.21. The van der Waals surface area contributed by atoms with E-state index in [4.69, 9.17) is 11.5 Å². The highest BCUT2D eigenvalue weighted by atomic mass is 16.2. The maximum Gasteiger partial charge on any atom is 0.239 e. The molecule has 3 atom stereocenters. The molecule has 0 rings (SSSR count). The molecule has 0 aromatic heterocycles. The first-order chi connectivity index (χ1) is 10.3. The van der Waals surface area contributed by atoms with Crippen molar-refractivity contribution in [2.75, 3.05) is 6.54 Å². The van der Waals surface area contributed by atoms with Crippen LogP contribution in [0.25, 0.3) is 0 Å². The highest BCUT2D eigenvalue weighted by Gasteiger charge is 2.20. The Bertz CT molecular complexity index is 374. The number of carbonyl (C=O) groups excluding carboxylic acids is 3. The van der Waals surface area contributed by atoms with E-state index in [0.29, 0.717) is 25.8 Å². The number of nitrogens with one attached hydrogen (secondary N) is 2. The van der Waals surface area contributed by atoms with E-state index in [1.807, 2.05) is 13.8 Å². The van der Waals surface area contributed by atoms with Gasteiger partial charge in [-0.25, -0.2) is 0 Å². The van der Waals surface area contributed by atoms with Crippen LogP contribution >= 0.6 is 0 Å². The number of rotatable bonds is 12. The molecule has 0 aromatic carbocycles. The van der Waals surface area contributed by atoms with Crippen molar-refractivity contribution >= 4 is 17.7 Å². The second kappa shape index (κ2) is 11.0. The first-order valence-corrected chi connectivity index (χ1v) is 7.96. The molecule has 3 amide bonds. The first-order valence-electron chi connectivity index (χ1n) is 7.96. The van der Waals surface area contributed by atoms with Gasteiger partial charge in [0.05, 0.1) is 6.04 Å². The Kier molecular flexibility index (Phi) is 10.2. The van der Waals surface area contributed by atoms with E-state index in [1.165, 1.54) is 0 Å². The van der Waals surface area contributed by atoms with Crippen LogP contribution in [0.5, 0.6) is 0 Å². The monoisotopic (exact) mass is 314 g/mol. The van der Waals surface area contributed by atoms with E-state index in [9.17, 15) is 14.4 Å². The van der Waals surface area contributed by atoms with Crippen LogP contribution in [0.1, 0.15) is 52.9 Å². The van der Waals surface area contributed by atoms with Gasteiger partial charge in [0.25, 0.3) is 0 Å².